The topological polar surface area (TPSA) is 37.2 Å². The monoisotopic (exact) mass is 305 g/mol. The van der Waals surface area contributed by atoms with Gasteiger partial charge >= 0.3 is 0 Å². The Bertz CT molecular complexity index is 828. The molecule has 2 saturated heterocycles. The SMILES string of the molecule is c1ccc(N2CCN3C2CCC3n2nnc3ccccc32)cc1. The number of hydrogen-bond donors (Lipinski definition) is 0. The molecule has 5 nitrogen and oxygen atoms in total. The summed E-state index contributed by atoms with van der Waals surface area (Å²) in [5, 5.41) is 8.77. The van der Waals surface area contributed by atoms with E-state index in [0.29, 0.717) is 12.3 Å². The second-order valence-corrected chi connectivity index (χ2v) is 6.33. The fourth-order valence-electron chi connectivity index (χ4n) is 4.12. The number of hydrogen-bond acceptors (Lipinski definition) is 4. The Hall–Kier alpha value is -2.40. The smallest absolute Gasteiger partial charge is 0.113 e. The van der Waals surface area contributed by atoms with Gasteiger partial charge in [-0.25, -0.2) is 4.68 Å². The van der Waals surface area contributed by atoms with Crippen LogP contribution in [0, 0.1) is 0 Å². The standard InChI is InChI=1S/C18H19N5/c1-2-6-14(7-3-1)21-12-13-22-17(21)10-11-18(22)23-16-9-5-4-8-15(16)19-20-23/h1-9,17-18H,10-13H2. The van der Waals surface area contributed by atoms with Gasteiger partial charge in [-0.15, -0.1) is 5.10 Å². The average molecular weight is 305 g/mol. The Labute approximate surface area is 135 Å². The fourth-order valence-corrected chi connectivity index (χ4v) is 4.12. The van der Waals surface area contributed by atoms with E-state index in [2.05, 4.69) is 67.3 Å². The average Bonchev–Trinajstić information content (AvgIpc) is 3.29. The molecule has 5 rings (SSSR count). The first-order valence-electron chi connectivity index (χ1n) is 8.29. The van der Waals surface area contributed by atoms with Gasteiger partial charge in [0, 0.05) is 18.8 Å². The molecule has 0 saturated carbocycles. The Morgan fingerprint density at radius 2 is 1.61 bits per heavy atom. The van der Waals surface area contributed by atoms with E-state index in [0.717, 1.165) is 30.5 Å². The van der Waals surface area contributed by atoms with Crippen LogP contribution in [0.1, 0.15) is 19.0 Å². The molecule has 0 amide bonds. The van der Waals surface area contributed by atoms with Crippen LogP contribution in [-0.2, 0) is 0 Å². The van der Waals surface area contributed by atoms with Gasteiger partial charge in [0.1, 0.15) is 11.7 Å². The maximum atomic E-state index is 4.44. The maximum absolute atomic E-state index is 4.44. The van der Waals surface area contributed by atoms with Crippen LogP contribution in [0.25, 0.3) is 11.0 Å². The van der Waals surface area contributed by atoms with E-state index in [4.69, 9.17) is 0 Å². The van der Waals surface area contributed by atoms with E-state index >= 15 is 0 Å². The second kappa shape index (κ2) is 5.06. The zero-order valence-electron chi connectivity index (χ0n) is 12.9. The van der Waals surface area contributed by atoms with Gasteiger partial charge in [0.25, 0.3) is 0 Å². The highest BCUT2D eigenvalue weighted by atomic mass is 15.6. The molecule has 23 heavy (non-hydrogen) atoms. The Morgan fingerprint density at radius 3 is 2.52 bits per heavy atom. The molecule has 116 valence electrons. The summed E-state index contributed by atoms with van der Waals surface area (Å²) in [6.07, 6.45) is 3.10. The second-order valence-electron chi connectivity index (χ2n) is 6.33. The van der Waals surface area contributed by atoms with E-state index in [9.17, 15) is 0 Å². The van der Waals surface area contributed by atoms with Crippen LogP contribution >= 0.6 is 0 Å². The van der Waals surface area contributed by atoms with Crippen LogP contribution in [0.2, 0.25) is 0 Å². The van der Waals surface area contributed by atoms with Crippen LogP contribution in [0.15, 0.2) is 54.6 Å². The molecular formula is C18H19N5. The minimum absolute atomic E-state index is 0.320. The van der Waals surface area contributed by atoms with Crippen molar-refractivity contribution in [3.8, 4) is 0 Å². The summed E-state index contributed by atoms with van der Waals surface area (Å²) in [7, 11) is 0. The first kappa shape index (κ1) is 13.1. The molecular weight excluding hydrogens is 286 g/mol. The molecule has 0 radical (unpaired) electrons. The minimum Gasteiger partial charge on any atom is -0.354 e. The molecule has 2 aromatic carbocycles. The highest BCUT2D eigenvalue weighted by Crippen LogP contribution is 2.39. The number of nitrogens with zero attached hydrogens (tertiary/aromatic N) is 5. The molecule has 1 aromatic heterocycles. The number of aromatic nitrogens is 3. The molecule has 2 atom stereocenters. The van der Waals surface area contributed by atoms with Crippen molar-refractivity contribution in [2.24, 2.45) is 0 Å². The Morgan fingerprint density at radius 1 is 0.826 bits per heavy atom. The Kier molecular flexibility index (Phi) is 2.88. The fraction of sp³-hybridized carbons (Fsp3) is 0.333. The first-order chi connectivity index (χ1) is 11.4. The third-order valence-electron chi connectivity index (χ3n) is 5.16. The molecule has 3 aromatic rings. The van der Waals surface area contributed by atoms with E-state index in [1.807, 2.05) is 12.1 Å². The van der Waals surface area contributed by atoms with Gasteiger partial charge in [-0.2, -0.15) is 0 Å². The van der Waals surface area contributed by atoms with Gasteiger partial charge in [0.15, 0.2) is 0 Å². The first-order valence-corrected chi connectivity index (χ1v) is 8.29. The van der Waals surface area contributed by atoms with Crippen molar-refractivity contribution in [3.63, 3.8) is 0 Å². The number of para-hydroxylation sites is 2. The van der Waals surface area contributed by atoms with E-state index in [1.54, 1.807) is 0 Å². The molecule has 2 fully saturated rings. The predicted octanol–water partition coefficient (Wildman–Crippen LogP) is 2.87. The Balaban J connectivity index is 1.47. The highest BCUT2D eigenvalue weighted by Gasteiger charge is 2.43. The minimum atomic E-state index is 0.320. The van der Waals surface area contributed by atoms with E-state index in [-0.39, 0.29) is 0 Å². The number of rotatable bonds is 2. The maximum Gasteiger partial charge on any atom is 0.113 e. The lowest BCUT2D eigenvalue weighted by Gasteiger charge is -2.28. The van der Waals surface area contributed by atoms with Crippen molar-refractivity contribution < 1.29 is 0 Å². The van der Waals surface area contributed by atoms with Gasteiger partial charge in [-0.05, 0) is 37.1 Å². The van der Waals surface area contributed by atoms with Gasteiger partial charge in [-0.1, -0.05) is 35.5 Å². The lowest BCUT2D eigenvalue weighted by atomic mass is 10.2. The predicted molar refractivity (Wildman–Crippen MR) is 90.1 cm³/mol. The van der Waals surface area contributed by atoms with Gasteiger partial charge in [0.2, 0.25) is 0 Å². The number of anilines is 1. The zero-order valence-corrected chi connectivity index (χ0v) is 12.9. The summed E-state index contributed by atoms with van der Waals surface area (Å²) in [6.45, 7) is 2.16. The van der Waals surface area contributed by atoms with E-state index < -0.39 is 0 Å². The molecule has 2 unspecified atom stereocenters. The third-order valence-corrected chi connectivity index (χ3v) is 5.16. The van der Waals surface area contributed by atoms with Crippen LogP contribution in [0.4, 0.5) is 5.69 Å². The van der Waals surface area contributed by atoms with E-state index in [1.165, 1.54) is 12.1 Å². The lowest BCUT2D eigenvalue weighted by Crippen LogP contribution is -2.36. The normalized spacial score (nSPS) is 24.4. The molecule has 0 bridgehead atoms. The van der Waals surface area contributed by atoms with Crippen LogP contribution in [0.3, 0.4) is 0 Å². The summed E-state index contributed by atoms with van der Waals surface area (Å²) in [5.41, 5.74) is 3.44. The van der Waals surface area contributed by atoms with Gasteiger partial charge < -0.3 is 4.90 Å². The van der Waals surface area contributed by atoms with Crippen molar-refractivity contribution in [1.29, 1.82) is 0 Å². The van der Waals surface area contributed by atoms with Gasteiger partial charge in [-0.3, -0.25) is 4.90 Å². The summed E-state index contributed by atoms with van der Waals surface area (Å²) in [5.74, 6) is 0. The zero-order chi connectivity index (χ0) is 15.2. The third kappa shape index (κ3) is 1.96. The van der Waals surface area contributed by atoms with Crippen molar-refractivity contribution in [3.05, 3.63) is 54.6 Å². The summed E-state index contributed by atoms with van der Waals surface area (Å²) >= 11 is 0. The molecule has 0 aliphatic carbocycles. The van der Waals surface area contributed by atoms with Crippen molar-refractivity contribution in [1.82, 2.24) is 19.9 Å². The van der Waals surface area contributed by atoms with Crippen molar-refractivity contribution >= 4 is 16.7 Å². The molecule has 2 aliphatic heterocycles. The van der Waals surface area contributed by atoms with Crippen LogP contribution in [-0.4, -0.2) is 39.1 Å². The van der Waals surface area contributed by atoms with Crippen molar-refractivity contribution in [2.45, 2.75) is 25.2 Å². The molecule has 3 heterocycles. The molecule has 5 heteroatoms. The molecule has 2 aliphatic rings. The molecule has 0 N–H and O–H groups in total. The quantitative estimate of drug-likeness (QED) is 0.729. The van der Waals surface area contributed by atoms with Crippen LogP contribution < -0.4 is 4.90 Å². The summed E-state index contributed by atoms with van der Waals surface area (Å²) in [6, 6.07) is 19.0. The highest BCUT2D eigenvalue weighted by molar-refractivity contribution is 5.74. The van der Waals surface area contributed by atoms with Crippen molar-refractivity contribution in [2.75, 3.05) is 18.0 Å². The number of benzene rings is 2. The van der Waals surface area contributed by atoms with Crippen LogP contribution in [0.5, 0.6) is 0 Å². The summed E-state index contributed by atoms with van der Waals surface area (Å²) in [4.78, 5) is 5.10. The molecule has 0 spiro atoms. The number of fused-ring (bicyclic) bond motifs is 2. The lowest BCUT2D eigenvalue weighted by molar-refractivity contribution is 0.177. The largest absolute Gasteiger partial charge is 0.354 e. The summed E-state index contributed by atoms with van der Waals surface area (Å²) < 4.78 is 2.11. The van der Waals surface area contributed by atoms with Gasteiger partial charge in [0.05, 0.1) is 11.7 Å².